The van der Waals surface area contributed by atoms with Gasteiger partial charge in [0.1, 0.15) is 11.4 Å². The average Bonchev–Trinajstić information content (AvgIpc) is 3.28. The molecule has 10 heteroatoms. The van der Waals surface area contributed by atoms with Crippen molar-refractivity contribution in [3.05, 3.63) is 66.9 Å². The lowest BCUT2D eigenvalue weighted by Gasteiger charge is -2.20. The van der Waals surface area contributed by atoms with E-state index in [1.165, 1.54) is 51.8 Å². The highest BCUT2D eigenvalue weighted by Gasteiger charge is 2.22. The molecule has 1 atom stereocenters. The minimum Gasteiger partial charge on any atom is -0.505 e. The van der Waals surface area contributed by atoms with Gasteiger partial charge >= 0.3 is 0 Å². The number of carbonyl (C=O) groups excluding carboxylic acids is 1. The van der Waals surface area contributed by atoms with Crippen molar-refractivity contribution in [2.45, 2.75) is 13.0 Å². The van der Waals surface area contributed by atoms with E-state index >= 15 is 0 Å². The zero-order valence-corrected chi connectivity index (χ0v) is 18.8. The Morgan fingerprint density at radius 1 is 1.06 bits per heavy atom. The molecule has 1 aromatic carbocycles. The average molecular weight is 444 g/mol. The van der Waals surface area contributed by atoms with Gasteiger partial charge in [0.2, 0.25) is 0 Å². The van der Waals surface area contributed by atoms with Gasteiger partial charge in [0.25, 0.3) is 17.0 Å². The lowest BCUT2D eigenvalue weighted by Crippen LogP contribution is -2.38. The van der Waals surface area contributed by atoms with Crippen LogP contribution in [0.15, 0.2) is 45.3 Å². The Kier molecular flexibility index (Phi) is 6.21. The SMILES string of the molecule is CC(Nc1c(Nc2cccc(C(=O)N(C)C)c2O)c(=O)n(C)n(C)c1=O)c1cccs1. The van der Waals surface area contributed by atoms with Crippen LogP contribution < -0.4 is 21.8 Å². The molecule has 0 aliphatic rings. The first-order chi connectivity index (χ1) is 14.6. The van der Waals surface area contributed by atoms with Crippen LogP contribution in [-0.2, 0) is 14.1 Å². The summed E-state index contributed by atoms with van der Waals surface area (Å²) in [6.45, 7) is 1.89. The molecule has 0 saturated carbocycles. The molecule has 0 spiro atoms. The summed E-state index contributed by atoms with van der Waals surface area (Å²) < 4.78 is 2.39. The van der Waals surface area contributed by atoms with Crippen molar-refractivity contribution < 1.29 is 9.90 Å². The first-order valence-corrected chi connectivity index (χ1v) is 10.4. The number of thiophene rings is 1. The van der Waals surface area contributed by atoms with Crippen LogP contribution in [0, 0.1) is 0 Å². The van der Waals surface area contributed by atoms with Gasteiger partial charge < -0.3 is 20.6 Å². The Morgan fingerprint density at radius 2 is 1.71 bits per heavy atom. The molecule has 0 aliphatic carbocycles. The number of nitrogens with zero attached hydrogens (tertiary/aromatic N) is 3. The fraction of sp³-hybridized carbons (Fsp3) is 0.286. The molecule has 3 rings (SSSR count). The third-order valence-electron chi connectivity index (χ3n) is 4.98. The molecule has 0 radical (unpaired) electrons. The smallest absolute Gasteiger partial charge is 0.290 e. The van der Waals surface area contributed by atoms with E-state index in [2.05, 4.69) is 10.6 Å². The number of hydrogen-bond acceptors (Lipinski definition) is 7. The zero-order valence-electron chi connectivity index (χ0n) is 18.0. The highest BCUT2D eigenvalue weighted by atomic mass is 32.1. The normalized spacial score (nSPS) is 11.8. The maximum absolute atomic E-state index is 13.0. The van der Waals surface area contributed by atoms with E-state index in [9.17, 15) is 19.5 Å². The molecule has 31 heavy (non-hydrogen) atoms. The molecule has 3 aromatic rings. The fourth-order valence-electron chi connectivity index (χ4n) is 3.08. The van der Waals surface area contributed by atoms with Crippen molar-refractivity contribution in [2.24, 2.45) is 14.1 Å². The molecule has 0 aliphatic heterocycles. The lowest BCUT2D eigenvalue weighted by atomic mass is 10.1. The number of carbonyl (C=O) groups is 1. The summed E-state index contributed by atoms with van der Waals surface area (Å²) in [5, 5.41) is 18.6. The van der Waals surface area contributed by atoms with Crippen LogP contribution in [-0.4, -0.2) is 39.4 Å². The number of nitrogens with one attached hydrogen (secondary N) is 2. The number of amides is 1. The molecule has 0 saturated heterocycles. The molecule has 9 nitrogen and oxygen atoms in total. The van der Waals surface area contributed by atoms with Gasteiger partial charge in [-0.1, -0.05) is 12.1 Å². The summed E-state index contributed by atoms with van der Waals surface area (Å²) in [5.41, 5.74) is -0.587. The second kappa shape index (κ2) is 8.68. The minimum absolute atomic E-state index is 0.0150. The topological polar surface area (TPSA) is 109 Å². The maximum Gasteiger partial charge on any atom is 0.290 e. The summed E-state index contributed by atoms with van der Waals surface area (Å²) in [5.74, 6) is -0.691. The summed E-state index contributed by atoms with van der Waals surface area (Å²) in [4.78, 5) is 40.7. The van der Waals surface area contributed by atoms with E-state index in [0.29, 0.717) is 0 Å². The van der Waals surface area contributed by atoms with Crippen LogP contribution in [0.1, 0.15) is 28.2 Å². The molecule has 2 heterocycles. The molecule has 164 valence electrons. The third kappa shape index (κ3) is 4.19. The largest absolute Gasteiger partial charge is 0.505 e. The first kappa shape index (κ1) is 22.2. The zero-order chi connectivity index (χ0) is 22.9. The molecule has 0 bridgehead atoms. The van der Waals surface area contributed by atoms with Crippen LogP contribution in [0.5, 0.6) is 5.75 Å². The molecule has 1 amide bonds. The number of benzene rings is 1. The predicted octanol–water partition coefficient (Wildman–Crippen LogP) is 2.47. The molecule has 1 unspecified atom stereocenters. The molecule has 0 fully saturated rings. The number of aromatic hydroxyl groups is 1. The van der Waals surface area contributed by atoms with Crippen molar-refractivity contribution in [3.8, 4) is 5.75 Å². The van der Waals surface area contributed by atoms with Crippen LogP contribution in [0.25, 0.3) is 0 Å². The van der Waals surface area contributed by atoms with Gasteiger partial charge in [-0.25, -0.2) is 9.36 Å². The standard InChI is InChI=1S/C21H25N5O4S/c1-12(15-10-7-11-31-15)22-16-17(21(30)26(5)25(4)20(16)29)23-14-9-6-8-13(18(14)27)19(28)24(2)3/h6-12,22-23,27H,1-5H3. The van der Waals surface area contributed by atoms with Gasteiger partial charge in [-0.05, 0) is 30.5 Å². The third-order valence-corrected chi connectivity index (χ3v) is 6.03. The Morgan fingerprint density at radius 3 is 2.29 bits per heavy atom. The minimum atomic E-state index is -0.466. The van der Waals surface area contributed by atoms with Gasteiger partial charge in [0.05, 0.1) is 17.3 Å². The highest BCUT2D eigenvalue weighted by Crippen LogP contribution is 2.32. The van der Waals surface area contributed by atoms with E-state index < -0.39 is 11.1 Å². The van der Waals surface area contributed by atoms with Crippen LogP contribution in [0.3, 0.4) is 0 Å². The maximum atomic E-state index is 13.0. The van der Waals surface area contributed by atoms with Crippen molar-refractivity contribution in [1.29, 1.82) is 0 Å². The summed E-state index contributed by atoms with van der Waals surface area (Å²) in [6.07, 6.45) is 0. The van der Waals surface area contributed by atoms with Gasteiger partial charge in [-0.3, -0.25) is 14.4 Å². The van der Waals surface area contributed by atoms with Gasteiger partial charge in [-0.15, -0.1) is 11.3 Å². The van der Waals surface area contributed by atoms with Gasteiger partial charge in [-0.2, -0.15) is 0 Å². The highest BCUT2D eigenvalue weighted by molar-refractivity contribution is 7.10. The lowest BCUT2D eigenvalue weighted by molar-refractivity contribution is 0.0824. The summed E-state index contributed by atoms with van der Waals surface area (Å²) in [6, 6.07) is 8.23. The summed E-state index contributed by atoms with van der Waals surface area (Å²) >= 11 is 1.53. The number of para-hydroxylation sites is 1. The second-order valence-electron chi connectivity index (χ2n) is 7.32. The van der Waals surface area contributed by atoms with E-state index in [0.717, 1.165) is 4.88 Å². The van der Waals surface area contributed by atoms with E-state index in [1.807, 2.05) is 24.4 Å². The van der Waals surface area contributed by atoms with Crippen LogP contribution >= 0.6 is 11.3 Å². The van der Waals surface area contributed by atoms with Gasteiger partial charge in [0, 0.05) is 33.1 Å². The van der Waals surface area contributed by atoms with Crippen LogP contribution in [0.2, 0.25) is 0 Å². The molecule has 2 aromatic heterocycles. The molecular weight excluding hydrogens is 418 g/mol. The summed E-state index contributed by atoms with van der Waals surface area (Å²) in [7, 11) is 6.13. The number of hydrogen-bond donors (Lipinski definition) is 3. The Hall–Kier alpha value is -3.53. The van der Waals surface area contributed by atoms with Crippen LogP contribution in [0.4, 0.5) is 17.1 Å². The number of phenols is 1. The van der Waals surface area contributed by atoms with E-state index in [4.69, 9.17) is 0 Å². The fourth-order valence-corrected chi connectivity index (χ4v) is 3.81. The van der Waals surface area contributed by atoms with E-state index in [1.54, 1.807) is 20.2 Å². The molecular formula is C21H25N5O4S. The second-order valence-corrected chi connectivity index (χ2v) is 8.29. The number of aromatic nitrogens is 2. The first-order valence-electron chi connectivity index (χ1n) is 9.54. The van der Waals surface area contributed by atoms with E-state index in [-0.39, 0.29) is 40.3 Å². The van der Waals surface area contributed by atoms with Crippen molar-refractivity contribution in [3.63, 3.8) is 0 Å². The van der Waals surface area contributed by atoms with Crippen molar-refractivity contribution >= 4 is 34.3 Å². The Labute approximate surface area is 183 Å². The Bertz CT molecular complexity index is 1230. The molecule has 3 N–H and O–H groups in total. The van der Waals surface area contributed by atoms with Crippen molar-refractivity contribution in [2.75, 3.05) is 24.7 Å². The number of rotatable bonds is 6. The quantitative estimate of drug-likeness (QED) is 0.505. The van der Waals surface area contributed by atoms with Gasteiger partial charge in [0.15, 0.2) is 5.75 Å². The van der Waals surface area contributed by atoms with Crippen molar-refractivity contribution in [1.82, 2.24) is 14.3 Å². The Balaban J connectivity index is 2.11. The number of phenolic OH excluding ortho intramolecular Hbond substituents is 1. The number of anilines is 3. The monoisotopic (exact) mass is 443 g/mol. The predicted molar refractivity (Wildman–Crippen MR) is 123 cm³/mol.